The number of nitrogens with zero attached hydrogens (tertiary/aromatic N) is 7. The van der Waals surface area contributed by atoms with Gasteiger partial charge >= 0.3 is 12.2 Å². The fourth-order valence-corrected chi connectivity index (χ4v) is 17.6. The number of amides is 5. The van der Waals surface area contributed by atoms with Crippen LogP contribution in [0.25, 0.3) is 62.4 Å². The molecule has 87 heavy (non-hydrogen) atoms. The number of fused-ring (bicyclic) bond motifs is 6. The average molecular weight is 1350 g/mol. The molecule has 458 valence electrons. The molecule has 0 unspecified atom stereocenters. The second kappa shape index (κ2) is 25.9. The SMILES string of the molecule is CC(=O)Nc1sc2c(c1-c1nc3cc(Br)ccc3s1)CCN(C(=O)OC(C)(C)C)C2.CC(=O)Nc1sc2c(c1-c1nc3cc(N(C)C)ccc3s1)CCN(C(=O)OC(C)(C)C)C2.CC(=O)Nc1sc2c(c1-c1nc3cc(N(C)C)ccc3s1)CCNC2. The van der Waals surface area contributed by atoms with Crippen LogP contribution >= 0.6 is 84.0 Å². The summed E-state index contributed by atoms with van der Waals surface area (Å²) < 4.78 is 15.4. The molecule has 3 aliphatic rings. The Labute approximate surface area is 538 Å². The zero-order valence-corrected chi connectivity index (χ0v) is 57.4. The van der Waals surface area contributed by atoms with E-state index < -0.39 is 11.2 Å². The molecule has 18 nitrogen and oxygen atoms in total. The van der Waals surface area contributed by atoms with Gasteiger partial charge in [0, 0.05) is 116 Å². The van der Waals surface area contributed by atoms with Crippen molar-refractivity contribution < 1.29 is 33.4 Å². The van der Waals surface area contributed by atoms with Crippen molar-refractivity contribution in [1.82, 2.24) is 30.1 Å². The highest BCUT2D eigenvalue weighted by molar-refractivity contribution is 9.10. The maximum atomic E-state index is 12.6. The van der Waals surface area contributed by atoms with E-state index in [-0.39, 0.29) is 29.9 Å². The highest BCUT2D eigenvalue weighted by atomic mass is 79.9. The normalized spacial score (nSPS) is 13.8. The van der Waals surface area contributed by atoms with Gasteiger partial charge in [0.2, 0.25) is 17.7 Å². The summed E-state index contributed by atoms with van der Waals surface area (Å²) in [6.45, 7) is 19.7. The molecule has 3 aromatic carbocycles. The van der Waals surface area contributed by atoms with Crippen LogP contribution in [0, 0.1) is 0 Å². The number of ether oxygens (including phenoxy) is 2. The minimum atomic E-state index is -0.536. The van der Waals surface area contributed by atoms with Crippen LogP contribution in [0.2, 0.25) is 0 Å². The average Bonchev–Trinajstić information content (AvgIpc) is 1.70. The second-order valence-corrected chi connectivity index (χ2v) is 31.0. The van der Waals surface area contributed by atoms with Crippen LogP contribution < -0.4 is 31.1 Å². The van der Waals surface area contributed by atoms with Gasteiger partial charge in [-0.15, -0.1) is 68.0 Å². The topological polar surface area (TPSA) is 204 Å². The monoisotopic (exact) mass is 1350 g/mol. The summed E-state index contributed by atoms with van der Waals surface area (Å²) in [6, 6.07) is 18.7. The summed E-state index contributed by atoms with van der Waals surface area (Å²) in [5, 5.41) is 17.7. The van der Waals surface area contributed by atoms with Gasteiger partial charge in [-0.25, -0.2) is 24.5 Å². The number of nitrogens with one attached hydrogen (secondary N) is 4. The zero-order valence-electron chi connectivity index (χ0n) is 50.9. The van der Waals surface area contributed by atoms with Crippen LogP contribution in [-0.4, -0.2) is 114 Å². The van der Waals surface area contributed by atoms with Crippen LogP contribution in [-0.2, 0) is 62.8 Å². The van der Waals surface area contributed by atoms with Crippen LogP contribution in [0.3, 0.4) is 0 Å². The molecule has 0 fully saturated rings. The molecule has 6 aromatic heterocycles. The molecule has 5 amide bonds. The smallest absolute Gasteiger partial charge is 0.410 e. The van der Waals surface area contributed by atoms with Gasteiger partial charge in [0.25, 0.3) is 0 Å². The minimum absolute atomic E-state index is 0.0381. The molecule has 12 rings (SSSR count). The number of rotatable bonds is 8. The van der Waals surface area contributed by atoms with Crippen molar-refractivity contribution in [2.24, 2.45) is 0 Å². The lowest BCUT2D eigenvalue weighted by molar-refractivity contribution is -0.115. The minimum Gasteiger partial charge on any atom is -0.444 e. The van der Waals surface area contributed by atoms with E-state index in [1.165, 1.54) is 51.7 Å². The molecular formula is C62H70BrN11O7S6. The van der Waals surface area contributed by atoms with Gasteiger partial charge in [-0.1, -0.05) is 15.9 Å². The van der Waals surface area contributed by atoms with Crippen molar-refractivity contribution in [3.8, 4) is 31.7 Å². The third-order valence-corrected chi connectivity index (χ3v) is 21.0. The molecule has 0 spiro atoms. The van der Waals surface area contributed by atoms with Gasteiger partial charge < -0.3 is 50.3 Å². The van der Waals surface area contributed by atoms with Crippen molar-refractivity contribution in [2.75, 3.05) is 73.6 Å². The number of hydrogen-bond acceptors (Lipinski definition) is 19. The largest absolute Gasteiger partial charge is 0.444 e. The Hall–Kier alpha value is -6.58. The van der Waals surface area contributed by atoms with E-state index in [2.05, 4.69) is 83.4 Å². The number of carbonyl (C=O) groups is 5. The number of carbonyl (C=O) groups excluding carboxylic acids is 5. The molecule has 0 radical (unpaired) electrons. The Morgan fingerprint density at radius 2 is 0.897 bits per heavy atom. The summed E-state index contributed by atoms with van der Waals surface area (Å²) >= 11 is 13.1. The van der Waals surface area contributed by atoms with Crippen molar-refractivity contribution in [3.63, 3.8) is 0 Å². The summed E-state index contributed by atoms with van der Waals surface area (Å²) in [7, 11) is 8.08. The summed E-state index contributed by atoms with van der Waals surface area (Å²) in [5.41, 5.74) is 10.8. The molecule has 0 aliphatic carbocycles. The Bertz CT molecular complexity index is 4120. The third kappa shape index (κ3) is 14.8. The van der Waals surface area contributed by atoms with E-state index in [1.54, 1.807) is 62.1 Å². The molecule has 9 aromatic rings. The number of anilines is 5. The van der Waals surface area contributed by atoms with Crippen LogP contribution in [0.15, 0.2) is 59.1 Å². The Balaban J connectivity index is 0.000000145. The fourth-order valence-electron chi connectivity index (χ4n) is 10.1. The Morgan fingerprint density at radius 3 is 1.28 bits per heavy atom. The Kier molecular flexibility index (Phi) is 18.9. The van der Waals surface area contributed by atoms with Crippen molar-refractivity contribution in [3.05, 3.63) is 90.4 Å². The van der Waals surface area contributed by atoms with E-state index in [4.69, 9.17) is 24.4 Å². The summed E-state index contributed by atoms with van der Waals surface area (Å²) in [5.74, 6) is -0.281. The van der Waals surface area contributed by atoms with E-state index in [9.17, 15) is 24.0 Å². The highest BCUT2D eigenvalue weighted by Crippen LogP contribution is 2.49. The van der Waals surface area contributed by atoms with Crippen LogP contribution in [0.5, 0.6) is 0 Å². The molecule has 0 saturated heterocycles. The van der Waals surface area contributed by atoms with Crippen molar-refractivity contribution in [2.45, 2.75) is 112 Å². The number of thiazole rings is 3. The van der Waals surface area contributed by atoms with E-state index in [1.807, 2.05) is 87.9 Å². The number of hydrogen-bond donors (Lipinski definition) is 4. The number of aromatic nitrogens is 3. The van der Waals surface area contributed by atoms with Crippen molar-refractivity contribution in [1.29, 1.82) is 0 Å². The lowest BCUT2D eigenvalue weighted by Crippen LogP contribution is -2.39. The lowest BCUT2D eigenvalue weighted by Gasteiger charge is -2.30. The molecule has 4 N–H and O–H groups in total. The maximum Gasteiger partial charge on any atom is 0.410 e. The van der Waals surface area contributed by atoms with E-state index >= 15 is 0 Å². The first kappa shape index (κ1) is 63.4. The predicted molar refractivity (Wildman–Crippen MR) is 364 cm³/mol. The second-order valence-electron chi connectivity index (χ2n) is 23.7. The summed E-state index contributed by atoms with van der Waals surface area (Å²) in [4.78, 5) is 86.2. The predicted octanol–water partition coefficient (Wildman–Crippen LogP) is 15.1. The van der Waals surface area contributed by atoms with Gasteiger partial charge in [-0.3, -0.25) is 14.4 Å². The molecular weight excluding hydrogens is 1280 g/mol. The Morgan fingerprint density at radius 1 is 0.529 bits per heavy atom. The van der Waals surface area contributed by atoms with E-state index in [0.29, 0.717) is 39.0 Å². The van der Waals surface area contributed by atoms with Gasteiger partial charge in [-0.05, 0) is 139 Å². The first-order valence-electron chi connectivity index (χ1n) is 28.3. The number of thiophene rings is 3. The summed E-state index contributed by atoms with van der Waals surface area (Å²) in [6.07, 6.45) is 1.74. The first-order chi connectivity index (χ1) is 41.1. The van der Waals surface area contributed by atoms with Crippen LogP contribution in [0.1, 0.15) is 93.6 Å². The molecule has 0 atom stereocenters. The number of benzene rings is 3. The van der Waals surface area contributed by atoms with Gasteiger partial charge in [0.15, 0.2) is 0 Å². The lowest BCUT2D eigenvalue weighted by atomic mass is 10.0. The standard InChI is InChI=1S/C23H28N4O3S2.C21H22BrN3O3S2.C18H20N4OS2/c1-13(28)24-20-19(21-25-16-11-14(26(5)6)7-8-17(16)31-21)15-9-10-27(12-18(15)32-20)22(29)30-23(2,3)4;1-11(26)23-18-17(19-24-14-9-12(22)5-6-15(14)29-19)13-7-8-25(10-16(13)30-18)20(27)28-21(2,3)4;1-10(23)20-17-16(12-6-7-19-9-15(12)25-17)18-21-13-8-11(22(2)3)4-5-14(13)24-18/h7-8,11H,9-10,12H2,1-6H3,(H,24,28);5-6,9H,7-8,10H2,1-4H3,(H,23,26);4-5,8,19H,6-7,9H2,1-3H3,(H,20,23). The zero-order chi connectivity index (χ0) is 62.4. The maximum absolute atomic E-state index is 12.6. The molecule has 9 heterocycles. The highest BCUT2D eigenvalue weighted by Gasteiger charge is 2.34. The van der Waals surface area contributed by atoms with E-state index in [0.717, 1.165) is 129 Å². The van der Waals surface area contributed by atoms with Gasteiger partial charge in [0.05, 0.1) is 43.7 Å². The van der Waals surface area contributed by atoms with Gasteiger partial charge in [0.1, 0.15) is 41.2 Å². The quantitative estimate of drug-likeness (QED) is 0.112. The number of halogens is 1. The van der Waals surface area contributed by atoms with Gasteiger partial charge in [-0.2, -0.15) is 0 Å². The van der Waals surface area contributed by atoms with Crippen LogP contribution in [0.4, 0.5) is 36.0 Å². The fraction of sp³-hybridized carbons (Fsp3) is 0.387. The molecule has 3 aliphatic heterocycles. The molecule has 25 heteroatoms. The molecule has 0 bridgehead atoms. The molecule has 0 saturated carbocycles. The first-order valence-corrected chi connectivity index (χ1v) is 34.0. The third-order valence-electron chi connectivity index (χ3n) is 14.0. The van der Waals surface area contributed by atoms with Crippen molar-refractivity contribution >= 4 is 171 Å².